The maximum atomic E-state index is 11.5. The van der Waals surface area contributed by atoms with Crippen molar-refractivity contribution < 1.29 is 9.28 Å². The van der Waals surface area contributed by atoms with Crippen molar-refractivity contribution in [1.29, 1.82) is 0 Å². The van der Waals surface area contributed by atoms with E-state index in [1.807, 2.05) is 21.0 Å². The van der Waals surface area contributed by atoms with Gasteiger partial charge in [0.2, 0.25) is 4.99 Å². The van der Waals surface area contributed by atoms with E-state index >= 15 is 0 Å². The summed E-state index contributed by atoms with van der Waals surface area (Å²) in [6.45, 7) is 3.35. The second-order valence-electron chi connectivity index (χ2n) is 3.14. The minimum atomic E-state index is 0.109. The first kappa shape index (κ1) is 8.62. The summed E-state index contributed by atoms with van der Waals surface area (Å²) in [4.78, 5) is 14.0. The van der Waals surface area contributed by atoms with Gasteiger partial charge >= 0.3 is 6.03 Å². The summed E-state index contributed by atoms with van der Waals surface area (Å²) in [5, 5.41) is 0. The Kier molecular flexibility index (Phi) is 1.98. The Morgan fingerprint density at radius 3 is 2.36 bits per heavy atom. The van der Waals surface area contributed by atoms with Crippen molar-refractivity contribution in [3.05, 3.63) is 0 Å². The van der Waals surface area contributed by atoms with Gasteiger partial charge in [0.1, 0.15) is 6.54 Å². The molecule has 0 aromatic heterocycles. The number of hydrogen-bond donors (Lipinski definition) is 0. The van der Waals surface area contributed by atoms with Crippen LogP contribution >= 0.6 is 12.2 Å². The van der Waals surface area contributed by atoms with Gasteiger partial charge in [0, 0.05) is 6.54 Å². The third kappa shape index (κ3) is 1.16. The lowest BCUT2D eigenvalue weighted by Gasteiger charge is -2.18. The highest BCUT2D eigenvalue weighted by molar-refractivity contribution is 7.80. The molecule has 1 fully saturated rings. The topological polar surface area (TPSA) is 20.3 Å². The maximum absolute atomic E-state index is 11.5. The Morgan fingerprint density at radius 1 is 1.64 bits per heavy atom. The second kappa shape index (κ2) is 2.53. The number of quaternary nitrogens is 1. The van der Waals surface area contributed by atoms with Crippen LogP contribution in [0.25, 0.3) is 0 Å². The number of amides is 2. The van der Waals surface area contributed by atoms with Crippen molar-refractivity contribution in [2.45, 2.75) is 6.92 Å². The first-order valence-corrected chi connectivity index (χ1v) is 4.07. The number of rotatable bonds is 1. The molecule has 0 atom stereocenters. The van der Waals surface area contributed by atoms with Gasteiger partial charge in [-0.15, -0.1) is 0 Å². The third-order valence-corrected chi connectivity index (χ3v) is 2.67. The Hall–Kier alpha value is -0.480. The van der Waals surface area contributed by atoms with Crippen molar-refractivity contribution in [2.24, 2.45) is 0 Å². The standard InChI is InChI=1S/C7H13N2OS/c1-4-8-5-6(11)9(2,3)7(8)10/h4-5H2,1-3H3/q+1. The van der Waals surface area contributed by atoms with Crippen LogP contribution in [0.1, 0.15) is 6.92 Å². The number of carbonyl (C=O) groups is 1. The Balaban J connectivity index is 2.89. The molecule has 1 aliphatic heterocycles. The van der Waals surface area contributed by atoms with E-state index in [2.05, 4.69) is 0 Å². The number of likely N-dealkylation sites (N-methyl/N-ethyl adjacent to an activating group) is 2. The van der Waals surface area contributed by atoms with Crippen LogP contribution in [0.4, 0.5) is 4.79 Å². The zero-order chi connectivity index (χ0) is 8.65. The molecular weight excluding hydrogens is 160 g/mol. The lowest BCUT2D eigenvalue weighted by atomic mass is 10.5. The summed E-state index contributed by atoms with van der Waals surface area (Å²) in [6.07, 6.45) is 0. The zero-order valence-corrected chi connectivity index (χ0v) is 7.94. The van der Waals surface area contributed by atoms with Gasteiger partial charge in [-0.2, -0.15) is 0 Å². The van der Waals surface area contributed by atoms with Crippen LogP contribution < -0.4 is 0 Å². The normalized spacial score (nSPS) is 23.0. The summed E-state index contributed by atoms with van der Waals surface area (Å²) in [6, 6.07) is 0.109. The second-order valence-corrected chi connectivity index (χ2v) is 3.62. The van der Waals surface area contributed by atoms with E-state index in [0.717, 1.165) is 11.5 Å². The van der Waals surface area contributed by atoms with Crippen LogP contribution in [-0.2, 0) is 0 Å². The summed E-state index contributed by atoms with van der Waals surface area (Å²) in [5.74, 6) is 0. The molecular formula is C7H13N2OS+. The maximum Gasteiger partial charge on any atom is 0.424 e. The Labute approximate surface area is 72.2 Å². The number of urea groups is 1. The van der Waals surface area contributed by atoms with Gasteiger partial charge in [0.25, 0.3) is 0 Å². The minimum Gasteiger partial charge on any atom is -0.282 e. The van der Waals surface area contributed by atoms with Crippen molar-refractivity contribution in [1.82, 2.24) is 4.90 Å². The van der Waals surface area contributed by atoms with E-state index in [0.29, 0.717) is 6.54 Å². The van der Waals surface area contributed by atoms with E-state index in [-0.39, 0.29) is 10.5 Å². The van der Waals surface area contributed by atoms with E-state index in [9.17, 15) is 4.79 Å². The molecule has 0 spiro atoms. The van der Waals surface area contributed by atoms with Gasteiger partial charge in [-0.1, -0.05) is 0 Å². The van der Waals surface area contributed by atoms with Gasteiger partial charge < -0.3 is 0 Å². The molecule has 0 unspecified atom stereocenters. The molecule has 4 heteroatoms. The molecule has 0 aromatic rings. The molecule has 0 radical (unpaired) electrons. The highest BCUT2D eigenvalue weighted by Gasteiger charge is 2.44. The van der Waals surface area contributed by atoms with Crippen LogP contribution in [0, 0.1) is 0 Å². The molecule has 11 heavy (non-hydrogen) atoms. The van der Waals surface area contributed by atoms with Gasteiger partial charge in [-0.25, -0.2) is 9.28 Å². The molecule has 0 bridgehead atoms. The molecule has 1 heterocycles. The number of nitrogens with zero attached hydrogens (tertiary/aromatic N) is 2. The summed E-state index contributed by atoms with van der Waals surface area (Å²) < 4.78 is 0.239. The molecule has 0 aromatic carbocycles. The summed E-state index contributed by atoms with van der Waals surface area (Å²) in [7, 11) is 3.67. The third-order valence-electron chi connectivity index (χ3n) is 2.08. The van der Waals surface area contributed by atoms with E-state index in [4.69, 9.17) is 12.2 Å². The quantitative estimate of drug-likeness (QED) is 0.433. The van der Waals surface area contributed by atoms with Crippen molar-refractivity contribution in [3.63, 3.8) is 0 Å². The van der Waals surface area contributed by atoms with Gasteiger partial charge in [-0.05, 0) is 19.1 Å². The Morgan fingerprint density at radius 2 is 2.18 bits per heavy atom. The molecule has 0 saturated carbocycles. The highest BCUT2D eigenvalue weighted by atomic mass is 32.1. The predicted octanol–water partition coefficient (Wildman–Crippen LogP) is 0.846. The van der Waals surface area contributed by atoms with Crippen LogP contribution in [0.2, 0.25) is 0 Å². The average molecular weight is 173 g/mol. The minimum absolute atomic E-state index is 0.109. The Bertz CT molecular complexity index is 212. The molecule has 2 amide bonds. The fourth-order valence-corrected chi connectivity index (χ4v) is 1.35. The van der Waals surface area contributed by atoms with Crippen molar-refractivity contribution >= 4 is 23.2 Å². The number of hydrogen-bond acceptors (Lipinski definition) is 2. The van der Waals surface area contributed by atoms with E-state index in [1.165, 1.54) is 0 Å². The van der Waals surface area contributed by atoms with Crippen LogP contribution in [0.15, 0.2) is 0 Å². The van der Waals surface area contributed by atoms with Crippen LogP contribution in [-0.4, -0.2) is 47.6 Å². The summed E-state index contributed by atoms with van der Waals surface area (Å²) >= 11 is 5.09. The fraction of sp³-hybridized carbons (Fsp3) is 0.714. The number of thiocarbonyl (C=S) groups is 1. The lowest BCUT2D eigenvalue weighted by Crippen LogP contribution is -2.45. The molecule has 1 aliphatic rings. The molecule has 1 rings (SSSR count). The molecule has 1 saturated heterocycles. The number of carbonyl (C=O) groups excluding carboxylic acids is 1. The van der Waals surface area contributed by atoms with Crippen molar-refractivity contribution in [2.75, 3.05) is 27.2 Å². The largest absolute Gasteiger partial charge is 0.424 e. The summed E-state index contributed by atoms with van der Waals surface area (Å²) in [5.41, 5.74) is 0. The lowest BCUT2D eigenvalue weighted by molar-refractivity contribution is -0.705. The SMILES string of the molecule is CCN1CC(=S)[N+](C)(C)C1=O. The molecule has 0 aliphatic carbocycles. The first-order chi connectivity index (χ1) is 5.00. The predicted molar refractivity (Wildman–Crippen MR) is 47.3 cm³/mol. The van der Waals surface area contributed by atoms with E-state index in [1.54, 1.807) is 4.90 Å². The smallest absolute Gasteiger partial charge is 0.282 e. The van der Waals surface area contributed by atoms with Gasteiger partial charge in [-0.3, -0.25) is 4.90 Å². The van der Waals surface area contributed by atoms with Gasteiger partial charge in [0.15, 0.2) is 0 Å². The van der Waals surface area contributed by atoms with Crippen LogP contribution in [0.5, 0.6) is 0 Å². The first-order valence-electron chi connectivity index (χ1n) is 3.67. The zero-order valence-electron chi connectivity index (χ0n) is 7.13. The monoisotopic (exact) mass is 173 g/mol. The highest BCUT2D eigenvalue weighted by Crippen LogP contribution is 2.15. The molecule has 0 N–H and O–H groups in total. The molecule has 3 nitrogen and oxygen atoms in total. The fourth-order valence-electron chi connectivity index (χ4n) is 1.11. The van der Waals surface area contributed by atoms with Crippen molar-refractivity contribution in [3.8, 4) is 0 Å². The average Bonchev–Trinajstić information content (AvgIpc) is 2.14. The van der Waals surface area contributed by atoms with Gasteiger partial charge in [0.05, 0.1) is 14.1 Å². The van der Waals surface area contributed by atoms with E-state index < -0.39 is 0 Å². The molecule has 62 valence electrons. The van der Waals surface area contributed by atoms with Crippen LogP contribution in [0.3, 0.4) is 0 Å².